The molecule has 0 atom stereocenters. The second-order valence-electron chi connectivity index (χ2n) is 6.33. The van der Waals surface area contributed by atoms with Gasteiger partial charge in [-0.3, -0.25) is 9.59 Å². The molecule has 0 aromatic heterocycles. The number of rotatable bonds is 8. The fourth-order valence-electron chi connectivity index (χ4n) is 2.50. The van der Waals surface area contributed by atoms with E-state index in [-0.39, 0.29) is 11.8 Å². The highest BCUT2D eigenvalue weighted by Crippen LogP contribution is 2.21. The molecule has 6 N–H and O–H groups in total. The van der Waals surface area contributed by atoms with Gasteiger partial charge < -0.3 is 22.1 Å². The summed E-state index contributed by atoms with van der Waals surface area (Å²) in [7, 11) is 0. The van der Waals surface area contributed by atoms with Crippen LogP contribution in [0, 0.1) is 6.92 Å². The van der Waals surface area contributed by atoms with Crippen LogP contribution in [0.1, 0.15) is 41.6 Å². The number of unbranched alkanes of at least 4 members (excludes halogenated alkanes) is 2. The summed E-state index contributed by atoms with van der Waals surface area (Å²) in [6.07, 6.45) is 2.85. The quantitative estimate of drug-likeness (QED) is 0.431. The van der Waals surface area contributed by atoms with Gasteiger partial charge in [-0.15, -0.1) is 0 Å². The summed E-state index contributed by atoms with van der Waals surface area (Å²) in [5.74, 6) is -0.147. The van der Waals surface area contributed by atoms with Crippen molar-refractivity contribution in [3.05, 3.63) is 53.6 Å². The summed E-state index contributed by atoms with van der Waals surface area (Å²) in [4.78, 5) is 23.9. The first-order valence-electron chi connectivity index (χ1n) is 8.75. The van der Waals surface area contributed by atoms with Crippen LogP contribution in [0.25, 0.3) is 0 Å². The summed E-state index contributed by atoms with van der Waals surface area (Å²) in [5, 5.41) is 5.67. The maximum atomic E-state index is 12.0. The zero-order valence-corrected chi connectivity index (χ0v) is 15.0. The number of amides is 2. The molecular formula is C20H26N4O2. The Balaban J connectivity index is 1.60. The van der Waals surface area contributed by atoms with Gasteiger partial charge in [-0.2, -0.15) is 0 Å². The number of nitrogen functional groups attached to an aromatic ring is 2. The smallest absolute Gasteiger partial charge is 0.251 e. The maximum absolute atomic E-state index is 12.0. The number of carbonyl (C=O) groups is 2. The van der Waals surface area contributed by atoms with Gasteiger partial charge in [-0.1, -0.05) is 24.1 Å². The minimum atomic E-state index is -0.0786. The number of carbonyl (C=O) groups excluding carboxylic acids is 2. The predicted molar refractivity (Wildman–Crippen MR) is 106 cm³/mol. The second kappa shape index (κ2) is 9.46. The van der Waals surface area contributed by atoms with Gasteiger partial charge in [0.1, 0.15) is 0 Å². The number of hydrogen-bond donors (Lipinski definition) is 4. The van der Waals surface area contributed by atoms with E-state index in [0.717, 1.165) is 24.8 Å². The molecule has 0 unspecified atom stereocenters. The Hall–Kier alpha value is -3.02. The Morgan fingerprint density at radius 3 is 2.38 bits per heavy atom. The van der Waals surface area contributed by atoms with E-state index in [9.17, 15) is 9.59 Å². The molecule has 0 heterocycles. The van der Waals surface area contributed by atoms with Crippen LogP contribution in [0.5, 0.6) is 0 Å². The Morgan fingerprint density at radius 1 is 0.962 bits per heavy atom. The molecule has 138 valence electrons. The average molecular weight is 354 g/mol. The molecule has 2 aromatic rings. The normalized spacial score (nSPS) is 10.3. The van der Waals surface area contributed by atoms with Crippen molar-refractivity contribution in [2.75, 3.05) is 23.3 Å². The minimum absolute atomic E-state index is 0.0680. The fourth-order valence-corrected chi connectivity index (χ4v) is 2.50. The largest absolute Gasteiger partial charge is 0.399 e. The number of anilines is 3. The summed E-state index contributed by atoms with van der Waals surface area (Å²) in [5.41, 5.74) is 14.8. The molecule has 0 saturated carbocycles. The first-order chi connectivity index (χ1) is 12.5. The predicted octanol–water partition coefficient (Wildman–Crippen LogP) is 3.09. The van der Waals surface area contributed by atoms with E-state index in [4.69, 9.17) is 11.5 Å². The van der Waals surface area contributed by atoms with Gasteiger partial charge in [0.15, 0.2) is 0 Å². The van der Waals surface area contributed by atoms with E-state index < -0.39 is 0 Å². The van der Waals surface area contributed by atoms with Crippen LogP contribution in [-0.2, 0) is 4.79 Å². The number of hydrogen-bond acceptors (Lipinski definition) is 4. The van der Waals surface area contributed by atoms with Crippen LogP contribution in [0.4, 0.5) is 17.1 Å². The van der Waals surface area contributed by atoms with Crippen LogP contribution in [0.2, 0.25) is 0 Å². The molecule has 2 amide bonds. The lowest BCUT2D eigenvalue weighted by molar-refractivity contribution is -0.116. The van der Waals surface area contributed by atoms with E-state index in [0.29, 0.717) is 35.6 Å². The van der Waals surface area contributed by atoms with Crippen molar-refractivity contribution in [3.63, 3.8) is 0 Å². The van der Waals surface area contributed by atoms with E-state index >= 15 is 0 Å². The van der Waals surface area contributed by atoms with Crippen LogP contribution >= 0.6 is 0 Å². The van der Waals surface area contributed by atoms with E-state index in [1.165, 1.54) is 0 Å². The van der Waals surface area contributed by atoms with E-state index in [1.54, 1.807) is 18.2 Å². The number of nitrogens with one attached hydrogen (secondary N) is 2. The lowest BCUT2D eigenvalue weighted by atomic mass is 10.1. The Kier molecular flexibility index (Phi) is 7.02. The zero-order chi connectivity index (χ0) is 18.9. The van der Waals surface area contributed by atoms with Crippen molar-refractivity contribution in [3.8, 4) is 0 Å². The molecule has 26 heavy (non-hydrogen) atoms. The molecule has 0 spiro atoms. The van der Waals surface area contributed by atoms with Crippen LogP contribution in [-0.4, -0.2) is 18.4 Å². The summed E-state index contributed by atoms with van der Waals surface area (Å²) in [6, 6.07) is 12.5. The van der Waals surface area contributed by atoms with Gasteiger partial charge in [0.2, 0.25) is 5.91 Å². The van der Waals surface area contributed by atoms with E-state index in [1.807, 2.05) is 31.2 Å². The van der Waals surface area contributed by atoms with Gasteiger partial charge >= 0.3 is 0 Å². The molecule has 0 aliphatic rings. The zero-order valence-electron chi connectivity index (χ0n) is 15.0. The van der Waals surface area contributed by atoms with Crippen molar-refractivity contribution in [1.82, 2.24) is 5.32 Å². The molecule has 0 bridgehead atoms. The molecule has 0 fully saturated rings. The molecule has 0 aliphatic heterocycles. The summed E-state index contributed by atoms with van der Waals surface area (Å²) >= 11 is 0. The van der Waals surface area contributed by atoms with Crippen molar-refractivity contribution in [2.24, 2.45) is 0 Å². The third-order valence-corrected chi connectivity index (χ3v) is 4.03. The topological polar surface area (TPSA) is 110 Å². The van der Waals surface area contributed by atoms with Crippen LogP contribution in [0.3, 0.4) is 0 Å². The summed E-state index contributed by atoms with van der Waals surface area (Å²) in [6.45, 7) is 2.58. The standard InChI is InChI=1S/C20H26N4O2/c1-14-6-8-15(9-7-14)20(26)23-12-4-2-3-5-19(25)24-18-11-10-16(21)13-17(18)22/h6-11,13H,2-5,12,21-22H2,1H3,(H,23,26)(H,24,25). The number of aryl methyl sites for hydroxylation is 1. The van der Waals surface area contributed by atoms with Crippen LogP contribution < -0.4 is 22.1 Å². The first-order valence-corrected chi connectivity index (χ1v) is 8.75. The minimum Gasteiger partial charge on any atom is -0.399 e. The molecular weight excluding hydrogens is 328 g/mol. The number of benzene rings is 2. The molecule has 6 nitrogen and oxygen atoms in total. The molecule has 2 rings (SSSR count). The Bertz CT molecular complexity index is 757. The Labute approximate surface area is 154 Å². The average Bonchev–Trinajstić information content (AvgIpc) is 2.61. The van der Waals surface area contributed by atoms with Gasteiger partial charge in [-0.25, -0.2) is 0 Å². The molecule has 2 aromatic carbocycles. The van der Waals surface area contributed by atoms with Crippen molar-refractivity contribution < 1.29 is 9.59 Å². The van der Waals surface area contributed by atoms with Gasteiger partial charge in [0.25, 0.3) is 5.91 Å². The molecule has 6 heteroatoms. The molecule has 0 saturated heterocycles. The fraction of sp³-hybridized carbons (Fsp3) is 0.300. The monoisotopic (exact) mass is 354 g/mol. The van der Waals surface area contributed by atoms with Crippen molar-refractivity contribution in [1.29, 1.82) is 0 Å². The van der Waals surface area contributed by atoms with E-state index in [2.05, 4.69) is 10.6 Å². The third kappa shape index (κ3) is 6.12. The van der Waals surface area contributed by atoms with Crippen molar-refractivity contribution >= 4 is 28.9 Å². The van der Waals surface area contributed by atoms with Gasteiger partial charge in [-0.05, 0) is 50.1 Å². The highest BCUT2D eigenvalue weighted by Gasteiger charge is 2.06. The van der Waals surface area contributed by atoms with Gasteiger partial charge in [0.05, 0.1) is 11.4 Å². The second-order valence-corrected chi connectivity index (χ2v) is 6.33. The van der Waals surface area contributed by atoms with Crippen molar-refractivity contribution in [2.45, 2.75) is 32.6 Å². The molecule has 0 radical (unpaired) electrons. The first kappa shape index (κ1) is 19.3. The summed E-state index contributed by atoms with van der Waals surface area (Å²) < 4.78 is 0. The Morgan fingerprint density at radius 2 is 1.69 bits per heavy atom. The molecule has 0 aliphatic carbocycles. The van der Waals surface area contributed by atoms with Gasteiger partial charge in [0, 0.05) is 24.2 Å². The lowest BCUT2D eigenvalue weighted by Gasteiger charge is -2.09. The van der Waals surface area contributed by atoms with Crippen LogP contribution in [0.15, 0.2) is 42.5 Å². The lowest BCUT2D eigenvalue weighted by Crippen LogP contribution is -2.24. The highest BCUT2D eigenvalue weighted by molar-refractivity contribution is 5.94. The highest BCUT2D eigenvalue weighted by atomic mass is 16.2. The maximum Gasteiger partial charge on any atom is 0.251 e. The third-order valence-electron chi connectivity index (χ3n) is 4.03. The SMILES string of the molecule is Cc1ccc(C(=O)NCCCCCC(=O)Nc2ccc(N)cc2N)cc1. The number of nitrogens with two attached hydrogens (primary N) is 2.